The molecule has 45 heavy (non-hydrogen) atoms. The number of carbonyl (C=O) groups is 1. The Labute approximate surface area is 255 Å². The van der Waals surface area contributed by atoms with Gasteiger partial charge in [-0.2, -0.15) is 8.78 Å². The molecule has 12 nitrogen and oxygen atoms in total. The third-order valence-corrected chi connectivity index (χ3v) is 8.07. The molecule has 1 unspecified atom stereocenters. The lowest BCUT2D eigenvalue weighted by molar-refractivity contribution is 0.0385. The first-order chi connectivity index (χ1) is 21.9. The Morgan fingerprint density at radius 3 is 2.47 bits per heavy atom. The van der Waals surface area contributed by atoms with E-state index in [9.17, 15) is 13.6 Å². The fourth-order valence-corrected chi connectivity index (χ4v) is 5.59. The van der Waals surface area contributed by atoms with E-state index < -0.39 is 12.6 Å². The van der Waals surface area contributed by atoms with Crippen LogP contribution in [0, 0.1) is 6.92 Å². The summed E-state index contributed by atoms with van der Waals surface area (Å²) < 4.78 is 34.4. The standard InChI is InChI=1S/C31H28F2N10O2/c1-19-35-18-25(40(19)2)21-8-9-26-23(16-21)36-29(45-26)22-10-11-34-24(17-22)30(44)42-14-12-41(13-15-42)27(20-6-4-3-5-7-20)28-37-39-43(38-28)31(32)33/h3-11,16-18,27,31H,12-15H2,1-2H3. The number of hydrogen-bond acceptors (Lipinski definition) is 9. The van der Waals surface area contributed by atoms with Crippen LogP contribution in [-0.2, 0) is 7.05 Å². The molecule has 1 atom stereocenters. The van der Waals surface area contributed by atoms with Crippen molar-refractivity contribution >= 4 is 17.0 Å². The van der Waals surface area contributed by atoms with Crippen molar-refractivity contribution in [1.29, 1.82) is 0 Å². The lowest BCUT2D eigenvalue weighted by Crippen LogP contribution is -2.50. The minimum Gasteiger partial charge on any atom is -0.436 e. The Balaban J connectivity index is 1.08. The zero-order chi connectivity index (χ0) is 31.1. The molecule has 5 heterocycles. The maximum atomic E-state index is 13.5. The van der Waals surface area contributed by atoms with Gasteiger partial charge in [0.05, 0.1) is 17.9 Å². The number of fused-ring (bicyclic) bond motifs is 1. The van der Waals surface area contributed by atoms with Crippen LogP contribution in [0.1, 0.15) is 40.3 Å². The number of carbonyl (C=O) groups excluding carboxylic acids is 1. The van der Waals surface area contributed by atoms with Gasteiger partial charge in [-0.05, 0) is 48.0 Å². The maximum Gasteiger partial charge on any atom is 0.350 e. The van der Waals surface area contributed by atoms with Gasteiger partial charge in [-0.3, -0.25) is 14.7 Å². The number of piperazine rings is 1. The third-order valence-electron chi connectivity index (χ3n) is 8.07. The van der Waals surface area contributed by atoms with Crippen LogP contribution in [0.4, 0.5) is 8.78 Å². The minimum absolute atomic E-state index is 0.177. The Morgan fingerprint density at radius 2 is 1.76 bits per heavy atom. The predicted molar refractivity (Wildman–Crippen MR) is 159 cm³/mol. The summed E-state index contributed by atoms with van der Waals surface area (Å²) in [6.45, 7) is 0.801. The number of nitrogens with zero attached hydrogens (tertiary/aromatic N) is 10. The molecular weight excluding hydrogens is 582 g/mol. The second-order valence-electron chi connectivity index (χ2n) is 10.8. The van der Waals surface area contributed by atoms with Crippen molar-refractivity contribution in [3.8, 4) is 22.7 Å². The molecular formula is C31H28F2N10O2. The Kier molecular flexibility index (Phi) is 7.33. The highest BCUT2D eigenvalue weighted by Gasteiger charge is 2.32. The average Bonchev–Trinajstić information content (AvgIpc) is 3.81. The summed E-state index contributed by atoms with van der Waals surface area (Å²) >= 11 is 0. The molecule has 14 heteroatoms. The second-order valence-corrected chi connectivity index (χ2v) is 10.8. The first kappa shape index (κ1) is 28.4. The van der Waals surface area contributed by atoms with E-state index in [4.69, 9.17) is 9.40 Å². The highest BCUT2D eigenvalue weighted by Crippen LogP contribution is 2.30. The average molecular weight is 611 g/mol. The Hall–Kier alpha value is -5.37. The molecule has 0 radical (unpaired) electrons. The van der Waals surface area contributed by atoms with Gasteiger partial charge in [0.1, 0.15) is 17.0 Å². The molecule has 0 saturated carbocycles. The van der Waals surface area contributed by atoms with E-state index in [-0.39, 0.29) is 17.4 Å². The SMILES string of the molecule is Cc1ncc(-c2ccc3oc(-c4ccnc(C(=O)N5CCN(C(c6ccccc6)c6nnn(C(F)F)n6)CC5)c4)nc3c2)n1C. The molecule has 6 aromatic rings. The van der Waals surface area contributed by atoms with Crippen molar-refractivity contribution in [3.05, 3.63) is 96.0 Å². The van der Waals surface area contributed by atoms with E-state index >= 15 is 0 Å². The summed E-state index contributed by atoms with van der Waals surface area (Å²) in [5.74, 6) is 1.25. The number of halogens is 2. The van der Waals surface area contributed by atoms with Gasteiger partial charge < -0.3 is 13.9 Å². The number of rotatable bonds is 7. The fourth-order valence-electron chi connectivity index (χ4n) is 5.59. The molecule has 0 N–H and O–H groups in total. The second kappa shape index (κ2) is 11.6. The summed E-state index contributed by atoms with van der Waals surface area (Å²) in [6.07, 6.45) is 3.40. The van der Waals surface area contributed by atoms with Crippen LogP contribution >= 0.6 is 0 Å². The fraction of sp³-hybridized carbons (Fsp3) is 0.258. The molecule has 1 saturated heterocycles. The van der Waals surface area contributed by atoms with Crippen LogP contribution in [0.3, 0.4) is 0 Å². The number of aryl methyl sites for hydroxylation is 1. The summed E-state index contributed by atoms with van der Waals surface area (Å²) in [7, 11) is 1.97. The Morgan fingerprint density at radius 1 is 0.956 bits per heavy atom. The number of benzene rings is 2. The molecule has 1 fully saturated rings. The lowest BCUT2D eigenvalue weighted by atomic mass is 10.0. The lowest BCUT2D eigenvalue weighted by Gasteiger charge is -2.38. The van der Waals surface area contributed by atoms with Gasteiger partial charge in [-0.25, -0.2) is 9.97 Å². The van der Waals surface area contributed by atoms with Crippen LogP contribution in [0.25, 0.3) is 33.8 Å². The van der Waals surface area contributed by atoms with Crippen molar-refractivity contribution in [2.75, 3.05) is 26.2 Å². The van der Waals surface area contributed by atoms with E-state index in [1.54, 1.807) is 23.2 Å². The Bertz CT molecular complexity index is 1980. The van der Waals surface area contributed by atoms with Crippen LogP contribution in [-0.4, -0.2) is 81.6 Å². The minimum atomic E-state index is -2.89. The van der Waals surface area contributed by atoms with Crippen molar-refractivity contribution in [2.45, 2.75) is 19.5 Å². The number of tetrazole rings is 1. The number of aromatic nitrogens is 8. The highest BCUT2D eigenvalue weighted by molar-refractivity contribution is 5.93. The van der Waals surface area contributed by atoms with E-state index in [0.29, 0.717) is 53.5 Å². The van der Waals surface area contributed by atoms with Crippen molar-refractivity contribution in [2.24, 2.45) is 7.05 Å². The van der Waals surface area contributed by atoms with Gasteiger partial charge in [-0.15, -0.1) is 10.2 Å². The van der Waals surface area contributed by atoms with Crippen molar-refractivity contribution in [1.82, 2.24) is 49.5 Å². The predicted octanol–water partition coefficient (Wildman–Crippen LogP) is 4.53. The summed E-state index contributed by atoms with van der Waals surface area (Å²) in [5.41, 5.74) is 5.03. The van der Waals surface area contributed by atoms with E-state index in [0.717, 1.165) is 22.6 Å². The number of amides is 1. The molecule has 4 aromatic heterocycles. The molecule has 0 aliphatic carbocycles. The zero-order valence-electron chi connectivity index (χ0n) is 24.5. The van der Waals surface area contributed by atoms with Crippen molar-refractivity contribution in [3.63, 3.8) is 0 Å². The number of oxazole rings is 1. The molecule has 1 aliphatic heterocycles. The summed E-state index contributed by atoms with van der Waals surface area (Å²) in [5, 5.41) is 11.4. The van der Waals surface area contributed by atoms with Gasteiger partial charge in [0.25, 0.3) is 5.91 Å². The quantitative estimate of drug-likeness (QED) is 0.257. The summed E-state index contributed by atoms with van der Waals surface area (Å²) in [6, 6.07) is 18.2. The molecule has 2 aromatic carbocycles. The largest absolute Gasteiger partial charge is 0.436 e. The van der Waals surface area contributed by atoms with Crippen LogP contribution < -0.4 is 0 Å². The molecule has 0 spiro atoms. The highest BCUT2D eigenvalue weighted by atomic mass is 19.3. The molecule has 7 rings (SSSR count). The summed E-state index contributed by atoms with van der Waals surface area (Å²) in [4.78, 5) is 31.1. The number of hydrogen-bond donors (Lipinski definition) is 0. The number of pyridine rings is 1. The molecule has 1 amide bonds. The third kappa shape index (κ3) is 5.44. The van der Waals surface area contributed by atoms with E-state index in [1.165, 1.54) is 0 Å². The number of imidazole rings is 1. The zero-order valence-corrected chi connectivity index (χ0v) is 24.5. The first-order valence-corrected chi connectivity index (χ1v) is 14.4. The molecule has 228 valence electrons. The van der Waals surface area contributed by atoms with Gasteiger partial charge in [-0.1, -0.05) is 35.1 Å². The van der Waals surface area contributed by atoms with Gasteiger partial charge >= 0.3 is 6.55 Å². The van der Waals surface area contributed by atoms with Crippen LogP contribution in [0.15, 0.2) is 77.5 Å². The van der Waals surface area contributed by atoms with Gasteiger partial charge in [0.15, 0.2) is 11.4 Å². The first-order valence-electron chi connectivity index (χ1n) is 14.4. The molecule has 1 aliphatic rings. The van der Waals surface area contributed by atoms with Crippen LogP contribution in [0.2, 0.25) is 0 Å². The smallest absolute Gasteiger partial charge is 0.350 e. The van der Waals surface area contributed by atoms with Gasteiger partial charge in [0.2, 0.25) is 5.89 Å². The van der Waals surface area contributed by atoms with Crippen LogP contribution in [0.5, 0.6) is 0 Å². The van der Waals surface area contributed by atoms with E-state index in [1.807, 2.05) is 73.3 Å². The number of alkyl halides is 2. The normalized spacial score (nSPS) is 14.8. The monoisotopic (exact) mass is 610 g/mol. The molecule has 0 bridgehead atoms. The maximum absolute atomic E-state index is 13.5. The van der Waals surface area contributed by atoms with Gasteiger partial charge in [0, 0.05) is 50.6 Å². The topological polar surface area (TPSA) is 124 Å². The van der Waals surface area contributed by atoms with Crippen molar-refractivity contribution < 1.29 is 18.0 Å². The van der Waals surface area contributed by atoms with E-state index in [2.05, 4.69) is 30.3 Å².